The van der Waals surface area contributed by atoms with Gasteiger partial charge in [-0.15, -0.1) is 0 Å². The van der Waals surface area contributed by atoms with Gasteiger partial charge in [0.15, 0.2) is 0 Å². The molecule has 21 heavy (non-hydrogen) atoms. The van der Waals surface area contributed by atoms with Crippen molar-refractivity contribution in [3.05, 3.63) is 52.2 Å². The third-order valence-electron chi connectivity index (χ3n) is 2.71. The Morgan fingerprint density at radius 3 is 2.76 bits per heavy atom. The summed E-state index contributed by atoms with van der Waals surface area (Å²) in [5.41, 5.74) is 4.30. The van der Waals surface area contributed by atoms with E-state index >= 15 is 0 Å². The predicted molar refractivity (Wildman–Crippen MR) is 80.9 cm³/mol. The van der Waals surface area contributed by atoms with Crippen molar-refractivity contribution in [1.82, 2.24) is 4.98 Å². The number of nitrogens with two attached hydrogens (primary N) is 1. The van der Waals surface area contributed by atoms with Crippen LogP contribution in [0.5, 0.6) is 0 Å². The number of rotatable bonds is 3. The van der Waals surface area contributed by atoms with E-state index in [1.54, 1.807) is 25.1 Å². The van der Waals surface area contributed by atoms with Crippen LogP contribution in [0.2, 0.25) is 5.02 Å². The lowest BCUT2D eigenvalue weighted by molar-refractivity contribution is 0.102. The molecule has 4 N–H and O–H groups in total. The van der Waals surface area contributed by atoms with E-state index < -0.39 is 0 Å². The number of nitrogens with one attached hydrogen (secondary N) is 2. The summed E-state index contributed by atoms with van der Waals surface area (Å²) in [6.45, 7) is 1.76. The molecule has 0 saturated carbocycles. The Labute approximate surface area is 126 Å². The fourth-order valence-electron chi connectivity index (χ4n) is 1.75. The van der Waals surface area contributed by atoms with E-state index in [1.807, 2.05) is 6.07 Å². The summed E-state index contributed by atoms with van der Waals surface area (Å²) < 4.78 is 0. The molecule has 0 aliphatic carbocycles. The van der Waals surface area contributed by atoms with Gasteiger partial charge >= 0.3 is 0 Å². The van der Waals surface area contributed by atoms with Crippen LogP contribution < -0.4 is 16.6 Å². The summed E-state index contributed by atoms with van der Waals surface area (Å²) in [6, 6.07) is 9.78. The predicted octanol–water partition coefficient (Wildman–Crippen LogP) is 2.45. The molecule has 0 unspecified atom stereocenters. The van der Waals surface area contributed by atoms with Gasteiger partial charge in [-0.25, -0.2) is 10.8 Å². The van der Waals surface area contributed by atoms with Crippen molar-refractivity contribution in [1.29, 1.82) is 5.26 Å². The number of carbonyl (C=O) groups is 1. The second kappa shape index (κ2) is 6.22. The molecule has 0 saturated heterocycles. The fraction of sp³-hybridized carbons (Fsp3) is 0.0714. The maximum absolute atomic E-state index is 12.2. The number of hydrogen-bond acceptors (Lipinski definition) is 5. The van der Waals surface area contributed by atoms with Gasteiger partial charge in [-0.1, -0.05) is 11.6 Å². The van der Waals surface area contributed by atoms with Gasteiger partial charge in [0.25, 0.3) is 5.91 Å². The molecule has 6 nitrogen and oxygen atoms in total. The molecule has 2 rings (SSSR count). The summed E-state index contributed by atoms with van der Waals surface area (Å²) >= 11 is 6.02. The molecule has 0 fully saturated rings. The van der Waals surface area contributed by atoms with Crippen LogP contribution in [-0.2, 0) is 0 Å². The number of hydrogen-bond donors (Lipinski definition) is 3. The molecule has 0 aliphatic rings. The SMILES string of the molecule is Cc1cc(C(=O)Nc2ccc(C#N)cc2Cl)cc(NN)n1. The van der Waals surface area contributed by atoms with Gasteiger partial charge in [0.2, 0.25) is 0 Å². The number of benzene rings is 1. The first-order valence-electron chi connectivity index (χ1n) is 6.00. The number of nitrogens with zero attached hydrogens (tertiary/aromatic N) is 2. The Morgan fingerprint density at radius 2 is 2.14 bits per heavy atom. The number of amides is 1. The van der Waals surface area contributed by atoms with E-state index in [9.17, 15) is 4.79 Å². The molecule has 0 atom stereocenters. The highest BCUT2D eigenvalue weighted by atomic mass is 35.5. The summed E-state index contributed by atoms with van der Waals surface area (Å²) in [5, 5.41) is 11.8. The lowest BCUT2D eigenvalue weighted by Gasteiger charge is -2.09. The smallest absolute Gasteiger partial charge is 0.255 e. The summed E-state index contributed by atoms with van der Waals surface area (Å²) in [5.74, 6) is 5.35. The van der Waals surface area contributed by atoms with E-state index in [1.165, 1.54) is 12.1 Å². The number of halogens is 1. The van der Waals surface area contributed by atoms with Gasteiger partial charge in [0.05, 0.1) is 22.3 Å². The minimum Gasteiger partial charge on any atom is -0.321 e. The molecular formula is C14H12ClN5O. The van der Waals surface area contributed by atoms with Crippen LogP contribution in [0.1, 0.15) is 21.6 Å². The molecule has 1 aromatic heterocycles. The zero-order valence-electron chi connectivity index (χ0n) is 11.1. The van der Waals surface area contributed by atoms with Crippen LogP contribution in [-0.4, -0.2) is 10.9 Å². The van der Waals surface area contributed by atoms with Crippen LogP contribution >= 0.6 is 11.6 Å². The van der Waals surface area contributed by atoms with Gasteiger partial charge in [0.1, 0.15) is 5.82 Å². The van der Waals surface area contributed by atoms with Crippen LogP contribution in [0.4, 0.5) is 11.5 Å². The molecule has 106 valence electrons. The van der Waals surface area contributed by atoms with E-state index in [0.717, 1.165) is 0 Å². The number of pyridine rings is 1. The van der Waals surface area contributed by atoms with Crippen molar-refractivity contribution in [2.24, 2.45) is 5.84 Å². The molecule has 7 heteroatoms. The number of anilines is 2. The molecule has 0 radical (unpaired) electrons. The zero-order valence-corrected chi connectivity index (χ0v) is 11.9. The Hall–Kier alpha value is -2.62. The fourth-order valence-corrected chi connectivity index (χ4v) is 1.98. The zero-order chi connectivity index (χ0) is 15.4. The van der Waals surface area contributed by atoms with Crippen molar-refractivity contribution < 1.29 is 4.79 Å². The number of aryl methyl sites for hydroxylation is 1. The number of aromatic nitrogens is 1. The highest BCUT2D eigenvalue weighted by Gasteiger charge is 2.11. The van der Waals surface area contributed by atoms with E-state index in [2.05, 4.69) is 15.7 Å². The number of hydrazine groups is 1. The maximum atomic E-state index is 12.2. The average molecular weight is 302 g/mol. The van der Waals surface area contributed by atoms with Crippen LogP contribution in [0.3, 0.4) is 0 Å². The number of nitrogen functional groups attached to an aromatic ring is 1. The molecule has 0 aliphatic heterocycles. The molecule has 1 aromatic carbocycles. The Morgan fingerprint density at radius 1 is 1.38 bits per heavy atom. The van der Waals surface area contributed by atoms with Crippen molar-refractivity contribution in [2.75, 3.05) is 10.7 Å². The monoisotopic (exact) mass is 301 g/mol. The lowest BCUT2D eigenvalue weighted by atomic mass is 10.2. The van der Waals surface area contributed by atoms with Gasteiger partial charge in [-0.2, -0.15) is 5.26 Å². The Kier molecular flexibility index (Phi) is 4.38. The van der Waals surface area contributed by atoms with Crippen LogP contribution in [0, 0.1) is 18.3 Å². The summed E-state index contributed by atoms with van der Waals surface area (Å²) in [6.07, 6.45) is 0. The standard InChI is InChI=1S/C14H12ClN5O/c1-8-4-10(6-13(18-8)20-17)14(21)19-12-3-2-9(7-16)5-11(12)15/h2-6H,17H2,1H3,(H,18,20)(H,19,21). The largest absolute Gasteiger partial charge is 0.321 e. The summed E-state index contributed by atoms with van der Waals surface area (Å²) in [7, 11) is 0. The first kappa shape index (κ1) is 14.8. The topological polar surface area (TPSA) is 104 Å². The van der Waals surface area contributed by atoms with E-state index in [0.29, 0.717) is 33.3 Å². The van der Waals surface area contributed by atoms with Crippen molar-refractivity contribution in [3.8, 4) is 6.07 Å². The lowest BCUT2D eigenvalue weighted by Crippen LogP contribution is -2.15. The second-order valence-electron chi connectivity index (χ2n) is 4.29. The number of carbonyl (C=O) groups excluding carboxylic acids is 1. The maximum Gasteiger partial charge on any atom is 0.255 e. The minimum atomic E-state index is -0.344. The first-order chi connectivity index (χ1) is 10.0. The summed E-state index contributed by atoms with van der Waals surface area (Å²) in [4.78, 5) is 16.3. The quantitative estimate of drug-likeness (QED) is 0.597. The molecule has 1 amide bonds. The van der Waals surface area contributed by atoms with Gasteiger partial charge in [-0.05, 0) is 37.3 Å². The Balaban J connectivity index is 2.26. The highest BCUT2D eigenvalue weighted by molar-refractivity contribution is 6.34. The third-order valence-corrected chi connectivity index (χ3v) is 3.02. The third kappa shape index (κ3) is 3.48. The van der Waals surface area contributed by atoms with Crippen LogP contribution in [0.25, 0.3) is 0 Å². The number of nitriles is 1. The van der Waals surface area contributed by atoms with Gasteiger partial charge in [-0.3, -0.25) is 4.79 Å². The molecular weight excluding hydrogens is 290 g/mol. The second-order valence-corrected chi connectivity index (χ2v) is 4.69. The molecule has 1 heterocycles. The average Bonchev–Trinajstić information content (AvgIpc) is 2.48. The van der Waals surface area contributed by atoms with Crippen molar-refractivity contribution in [3.63, 3.8) is 0 Å². The Bertz CT molecular complexity index is 739. The molecule has 2 aromatic rings. The van der Waals surface area contributed by atoms with Crippen molar-refractivity contribution >= 4 is 29.0 Å². The van der Waals surface area contributed by atoms with E-state index in [-0.39, 0.29) is 5.91 Å². The van der Waals surface area contributed by atoms with Crippen LogP contribution in [0.15, 0.2) is 30.3 Å². The molecule has 0 spiro atoms. The van der Waals surface area contributed by atoms with Gasteiger partial charge < -0.3 is 10.7 Å². The highest BCUT2D eigenvalue weighted by Crippen LogP contribution is 2.23. The minimum absolute atomic E-state index is 0.297. The van der Waals surface area contributed by atoms with E-state index in [4.69, 9.17) is 22.7 Å². The normalized spacial score (nSPS) is 9.81. The first-order valence-corrected chi connectivity index (χ1v) is 6.37. The molecule has 0 bridgehead atoms. The van der Waals surface area contributed by atoms with Crippen molar-refractivity contribution in [2.45, 2.75) is 6.92 Å². The van der Waals surface area contributed by atoms with Gasteiger partial charge in [0, 0.05) is 11.3 Å².